The Bertz CT molecular complexity index is 570. The van der Waals surface area contributed by atoms with Crippen LogP contribution >= 0.6 is 0 Å². The predicted molar refractivity (Wildman–Crippen MR) is 87.2 cm³/mol. The summed E-state index contributed by atoms with van der Waals surface area (Å²) in [5.41, 5.74) is 1.31. The Balaban J connectivity index is 1.54. The van der Waals surface area contributed by atoms with Crippen molar-refractivity contribution in [1.29, 1.82) is 0 Å². The summed E-state index contributed by atoms with van der Waals surface area (Å²) in [6.07, 6.45) is 3.87. The second-order valence-corrected chi connectivity index (χ2v) is 6.68. The number of hydrogen-bond donors (Lipinski definition) is 1. The molecular formula is C18H24N2O3. The minimum absolute atomic E-state index is 0.220. The number of nitrogens with one attached hydrogen (secondary N) is 1. The lowest BCUT2D eigenvalue weighted by molar-refractivity contribution is -0.138. The summed E-state index contributed by atoms with van der Waals surface area (Å²) in [5, 5.41) is 2.31. The lowest BCUT2D eigenvalue weighted by Gasteiger charge is -2.29. The lowest BCUT2D eigenvalue weighted by atomic mass is 9.91. The summed E-state index contributed by atoms with van der Waals surface area (Å²) in [4.78, 5) is 25.2. The van der Waals surface area contributed by atoms with E-state index in [-0.39, 0.29) is 11.8 Å². The highest BCUT2D eigenvalue weighted by Crippen LogP contribution is 2.22. The van der Waals surface area contributed by atoms with Crippen LogP contribution in [0.3, 0.4) is 0 Å². The molecule has 2 aliphatic heterocycles. The normalized spacial score (nSPS) is 26.0. The van der Waals surface area contributed by atoms with Gasteiger partial charge in [-0.3, -0.25) is 14.9 Å². The first-order chi connectivity index (χ1) is 11.1. The summed E-state index contributed by atoms with van der Waals surface area (Å²) in [7, 11) is 2.18. The highest BCUT2D eigenvalue weighted by atomic mass is 16.5. The van der Waals surface area contributed by atoms with Crippen molar-refractivity contribution in [1.82, 2.24) is 10.2 Å². The van der Waals surface area contributed by atoms with Gasteiger partial charge in [0.05, 0.1) is 0 Å². The third-order valence-corrected chi connectivity index (χ3v) is 4.64. The quantitative estimate of drug-likeness (QED) is 0.860. The molecule has 23 heavy (non-hydrogen) atoms. The predicted octanol–water partition coefficient (Wildman–Crippen LogP) is 1.75. The van der Waals surface area contributed by atoms with E-state index in [2.05, 4.69) is 29.4 Å². The van der Waals surface area contributed by atoms with Crippen LogP contribution in [0.25, 0.3) is 0 Å². The maximum atomic E-state index is 11.7. The molecule has 2 heterocycles. The molecular weight excluding hydrogens is 292 g/mol. The number of likely N-dealkylation sites (tertiary alicyclic amines) is 1. The maximum absolute atomic E-state index is 11.7. The van der Waals surface area contributed by atoms with Crippen LogP contribution in [0.5, 0.6) is 5.75 Å². The Kier molecular flexibility index (Phi) is 4.96. The second-order valence-electron chi connectivity index (χ2n) is 6.68. The zero-order valence-electron chi connectivity index (χ0n) is 13.6. The molecule has 3 rings (SSSR count). The van der Waals surface area contributed by atoms with Crippen LogP contribution in [0.4, 0.5) is 0 Å². The number of ether oxygens (including phenoxy) is 1. The number of amides is 2. The van der Waals surface area contributed by atoms with Crippen LogP contribution in [0, 0.1) is 5.92 Å². The van der Waals surface area contributed by atoms with E-state index in [4.69, 9.17) is 4.74 Å². The molecule has 0 spiro atoms. The number of carbonyl (C=O) groups is 2. The van der Waals surface area contributed by atoms with Crippen LogP contribution in [-0.2, 0) is 16.0 Å². The van der Waals surface area contributed by atoms with Crippen LogP contribution in [0.2, 0.25) is 0 Å². The highest BCUT2D eigenvalue weighted by Gasteiger charge is 2.28. The van der Waals surface area contributed by atoms with E-state index in [1.807, 2.05) is 12.1 Å². The van der Waals surface area contributed by atoms with Crippen molar-refractivity contribution in [3.63, 3.8) is 0 Å². The van der Waals surface area contributed by atoms with Gasteiger partial charge in [-0.1, -0.05) is 12.1 Å². The third-order valence-electron chi connectivity index (χ3n) is 4.64. The number of nitrogens with zero attached hydrogens (tertiary/aromatic N) is 1. The molecule has 2 aliphatic rings. The van der Waals surface area contributed by atoms with Gasteiger partial charge in [0, 0.05) is 19.4 Å². The Labute approximate surface area is 137 Å². The van der Waals surface area contributed by atoms with E-state index in [0.29, 0.717) is 18.6 Å². The van der Waals surface area contributed by atoms with Gasteiger partial charge in [0.2, 0.25) is 5.91 Å². The van der Waals surface area contributed by atoms with Gasteiger partial charge in [0.1, 0.15) is 5.75 Å². The molecule has 2 atom stereocenters. The fourth-order valence-corrected chi connectivity index (χ4v) is 3.43. The number of hydrogen-bond acceptors (Lipinski definition) is 4. The molecule has 0 aromatic heterocycles. The molecule has 0 aliphatic carbocycles. The van der Waals surface area contributed by atoms with Gasteiger partial charge in [-0.2, -0.15) is 0 Å². The van der Waals surface area contributed by atoms with Crippen molar-refractivity contribution in [2.75, 3.05) is 20.1 Å². The van der Waals surface area contributed by atoms with Crippen molar-refractivity contribution in [3.05, 3.63) is 29.8 Å². The fraction of sp³-hybridized carbons (Fsp3) is 0.556. The van der Waals surface area contributed by atoms with E-state index < -0.39 is 6.10 Å². The van der Waals surface area contributed by atoms with Gasteiger partial charge < -0.3 is 9.64 Å². The number of piperidine rings is 2. The fourth-order valence-electron chi connectivity index (χ4n) is 3.43. The van der Waals surface area contributed by atoms with E-state index in [1.165, 1.54) is 24.9 Å². The Hall–Kier alpha value is -1.88. The summed E-state index contributed by atoms with van der Waals surface area (Å²) in [6.45, 7) is 2.36. The van der Waals surface area contributed by atoms with Crippen molar-refractivity contribution >= 4 is 11.8 Å². The SMILES string of the molecule is CN1CCCC(Cc2ccc(OC3CCC(=O)NC3=O)cc2)C1. The molecule has 5 nitrogen and oxygen atoms in total. The molecule has 1 aromatic rings. The molecule has 5 heteroatoms. The summed E-state index contributed by atoms with van der Waals surface area (Å²) in [6, 6.07) is 8.00. The molecule has 2 fully saturated rings. The van der Waals surface area contributed by atoms with Gasteiger partial charge in [0.15, 0.2) is 6.10 Å². The van der Waals surface area contributed by atoms with E-state index in [1.54, 1.807) is 0 Å². The molecule has 2 amide bonds. The number of benzene rings is 1. The van der Waals surface area contributed by atoms with Crippen molar-refractivity contribution in [2.45, 2.75) is 38.2 Å². The largest absolute Gasteiger partial charge is 0.481 e. The summed E-state index contributed by atoms with van der Waals surface area (Å²) >= 11 is 0. The van der Waals surface area contributed by atoms with E-state index in [0.717, 1.165) is 18.9 Å². The van der Waals surface area contributed by atoms with Crippen LogP contribution in [-0.4, -0.2) is 43.0 Å². The zero-order chi connectivity index (χ0) is 16.2. The van der Waals surface area contributed by atoms with Gasteiger partial charge in [-0.05, 0) is 56.5 Å². The topological polar surface area (TPSA) is 58.6 Å². The number of imide groups is 1. The Morgan fingerprint density at radius 1 is 1.22 bits per heavy atom. The third kappa shape index (κ3) is 4.32. The second kappa shape index (κ2) is 7.13. The molecule has 0 bridgehead atoms. The first kappa shape index (κ1) is 16.0. The molecule has 1 N–H and O–H groups in total. The smallest absolute Gasteiger partial charge is 0.267 e. The van der Waals surface area contributed by atoms with Crippen LogP contribution in [0.1, 0.15) is 31.2 Å². The minimum Gasteiger partial charge on any atom is -0.481 e. The number of carbonyl (C=O) groups excluding carboxylic acids is 2. The molecule has 124 valence electrons. The Morgan fingerprint density at radius 3 is 2.70 bits per heavy atom. The zero-order valence-corrected chi connectivity index (χ0v) is 13.6. The maximum Gasteiger partial charge on any atom is 0.267 e. The van der Waals surface area contributed by atoms with Gasteiger partial charge in [0.25, 0.3) is 5.91 Å². The average Bonchev–Trinajstić information content (AvgIpc) is 2.52. The lowest BCUT2D eigenvalue weighted by Crippen LogP contribution is -2.46. The first-order valence-corrected chi connectivity index (χ1v) is 8.38. The highest BCUT2D eigenvalue weighted by molar-refractivity contribution is 5.99. The summed E-state index contributed by atoms with van der Waals surface area (Å²) < 4.78 is 5.71. The molecule has 2 saturated heterocycles. The van der Waals surface area contributed by atoms with Gasteiger partial charge in [-0.15, -0.1) is 0 Å². The first-order valence-electron chi connectivity index (χ1n) is 8.38. The molecule has 0 saturated carbocycles. The van der Waals surface area contributed by atoms with E-state index >= 15 is 0 Å². The monoisotopic (exact) mass is 316 g/mol. The molecule has 2 unspecified atom stereocenters. The average molecular weight is 316 g/mol. The Morgan fingerprint density at radius 2 is 2.00 bits per heavy atom. The van der Waals surface area contributed by atoms with Crippen LogP contribution < -0.4 is 10.1 Å². The van der Waals surface area contributed by atoms with E-state index in [9.17, 15) is 9.59 Å². The van der Waals surface area contributed by atoms with Crippen molar-refractivity contribution in [3.8, 4) is 5.75 Å². The van der Waals surface area contributed by atoms with Crippen molar-refractivity contribution in [2.24, 2.45) is 5.92 Å². The molecule has 1 aromatic carbocycles. The van der Waals surface area contributed by atoms with Gasteiger partial charge in [-0.25, -0.2) is 0 Å². The number of rotatable bonds is 4. The molecule has 0 radical (unpaired) electrons. The van der Waals surface area contributed by atoms with Crippen molar-refractivity contribution < 1.29 is 14.3 Å². The summed E-state index contributed by atoms with van der Waals surface area (Å²) in [5.74, 6) is 0.845. The standard InChI is InChI=1S/C18H24N2O3/c1-20-10-2-3-14(12-20)11-13-4-6-15(7-5-13)23-16-8-9-17(21)19-18(16)22/h4-7,14,16H,2-3,8-12H2,1H3,(H,19,21,22). The van der Waals surface area contributed by atoms with Crippen LogP contribution in [0.15, 0.2) is 24.3 Å². The minimum atomic E-state index is -0.564. The van der Waals surface area contributed by atoms with Gasteiger partial charge >= 0.3 is 0 Å².